The summed E-state index contributed by atoms with van der Waals surface area (Å²) in [5.74, 6) is 0.0671. The van der Waals surface area contributed by atoms with E-state index in [1.165, 1.54) is 0 Å². The van der Waals surface area contributed by atoms with Gasteiger partial charge in [0.2, 0.25) is 5.91 Å². The fraction of sp³-hybridized carbons (Fsp3) is 0.714. The van der Waals surface area contributed by atoms with Crippen molar-refractivity contribution in [1.29, 1.82) is 0 Å². The average Bonchev–Trinajstić information content (AvgIpc) is 2.67. The molecule has 0 bridgehead atoms. The van der Waals surface area contributed by atoms with Gasteiger partial charge in [0.1, 0.15) is 0 Å². The van der Waals surface area contributed by atoms with Crippen molar-refractivity contribution in [2.24, 2.45) is 7.05 Å². The quantitative estimate of drug-likeness (QED) is 0.826. The van der Waals surface area contributed by atoms with E-state index in [1.54, 1.807) is 0 Å². The number of hydrogen-bond acceptors (Lipinski definition) is 4. The lowest BCUT2D eigenvalue weighted by Crippen LogP contribution is -2.41. The molecule has 0 saturated carbocycles. The maximum Gasteiger partial charge on any atom is 0.224 e. The van der Waals surface area contributed by atoms with Crippen LogP contribution >= 0.6 is 0 Å². The van der Waals surface area contributed by atoms with Crippen molar-refractivity contribution in [2.45, 2.75) is 20.3 Å². The van der Waals surface area contributed by atoms with Crippen LogP contribution in [0.1, 0.15) is 17.0 Å². The van der Waals surface area contributed by atoms with Gasteiger partial charge in [0.25, 0.3) is 0 Å². The Balaban J connectivity index is 1.75. The molecule has 0 aliphatic carbocycles. The fourth-order valence-electron chi connectivity index (χ4n) is 2.47. The van der Waals surface area contributed by atoms with Gasteiger partial charge in [-0.3, -0.25) is 14.4 Å². The summed E-state index contributed by atoms with van der Waals surface area (Å²) in [6, 6.07) is 0. The molecule has 6 nitrogen and oxygen atoms in total. The van der Waals surface area contributed by atoms with E-state index in [0.717, 1.165) is 49.8 Å². The number of morpholine rings is 1. The van der Waals surface area contributed by atoms with Crippen LogP contribution < -0.4 is 5.32 Å². The normalized spacial score (nSPS) is 16.4. The Morgan fingerprint density at radius 3 is 2.65 bits per heavy atom. The molecule has 1 N–H and O–H groups in total. The van der Waals surface area contributed by atoms with Gasteiger partial charge < -0.3 is 10.1 Å². The van der Waals surface area contributed by atoms with Gasteiger partial charge in [-0.1, -0.05) is 0 Å². The van der Waals surface area contributed by atoms with E-state index >= 15 is 0 Å². The van der Waals surface area contributed by atoms with Gasteiger partial charge in [-0.05, 0) is 13.8 Å². The molecule has 1 aliphatic heterocycles. The van der Waals surface area contributed by atoms with Gasteiger partial charge >= 0.3 is 0 Å². The molecule has 1 fully saturated rings. The molecule has 0 aromatic carbocycles. The molecule has 6 heteroatoms. The Morgan fingerprint density at radius 1 is 1.35 bits per heavy atom. The van der Waals surface area contributed by atoms with Crippen LogP contribution in [0.2, 0.25) is 0 Å². The Bertz CT molecular complexity index is 464. The zero-order valence-corrected chi connectivity index (χ0v) is 12.6. The number of nitrogens with one attached hydrogen (secondary N) is 1. The zero-order valence-electron chi connectivity index (χ0n) is 12.6. The number of carbonyl (C=O) groups is 1. The van der Waals surface area contributed by atoms with Gasteiger partial charge in [-0.2, -0.15) is 5.10 Å². The van der Waals surface area contributed by atoms with E-state index in [2.05, 4.69) is 15.3 Å². The van der Waals surface area contributed by atoms with E-state index in [4.69, 9.17) is 4.74 Å². The van der Waals surface area contributed by atoms with Crippen LogP contribution in [0.25, 0.3) is 0 Å². The SMILES string of the molecule is Cc1nn(C)c(C)c1CC(=O)NCCN1CCOCC1. The van der Waals surface area contributed by atoms with Crippen molar-refractivity contribution in [1.82, 2.24) is 20.0 Å². The third kappa shape index (κ3) is 3.80. The second-order valence-corrected chi connectivity index (χ2v) is 5.25. The highest BCUT2D eigenvalue weighted by molar-refractivity contribution is 5.79. The van der Waals surface area contributed by atoms with Crippen molar-refractivity contribution in [3.05, 3.63) is 17.0 Å². The van der Waals surface area contributed by atoms with E-state index in [9.17, 15) is 4.79 Å². The number of aromatic nitrogens is 2. The lowest BCUT2D eigenvalue weighted by Gasteiger charge is -2.26. The summed E-state index contributed by atoms with van der Waals surface area (Å²) in [4.78, 5) is 14.3. The first-order chi connectivity index (χ1) is 9.58. The van der Waals surface area contributed by atoms with Crippen molar-refractivity contribution >= 4 is 5.91 Å². The summed E-state index contributed by atoms with van der Waals surface area (Å²) in [6.07, 6.45) is 0.411. The van der Waals surface area contributed by atoms with E-state index < -0.39 is 0 Å². The minimum absolute atomic E-state index is 0.0671. The molecular weight excluding hydrogens is 256 g/mol. The highest BCUT2D eigenvalue weighted by Gasteiger charge is 2.14. The monoisotopic (exact) mass is 280 g/mol. The Labute approximate surface area is 120 Å². The van der Waals surface area contributed by atoms with Crippen LogP contribution in [0, 0.1) is 13.8 Å². The molecule has 1 amide bonds. The molecule has 112 valence electrons. The smallest absolute Gasteiger partial charge is 0.224 e. The summed E-state index contributed by atoms with van der Waals surface area (Å²) in [6.45, 7) is 9.02. The van der Waals surface area contributed by atoms with Gasteiger partial charge in [-0.25, -0.2) is 0 Å². The molecule has 2 heterocycles. The molecule has 20 heavy (non-hydrogen) atoms. The van der Waals surface area contributed by atoms with Crippen molar-refractivity contribution in [3.63, 3.8) is 0 Å². The molecule has 0 radical (unpaired) electrons. The third-order valence-corrected chi connectivity index (χ3v) is 3.85. The lowest BCUT2D eigenvalue weighted by molar-refractivity contribution is -0.120. The van der Waals surface area contributed by atoms with Crippen LogP contribution in [-0.2, 0) is 23.0 Å². The number of amides is 1. The molecule has 0 atom stereocenters. The molecule has 0 spiro atoms. The highest BCUT2D eigenvalue weighted by Crippen LogP contribution is 2.12. The number of carbonyl (C=O) groups excluding carboxylic acids is 1. The topological polar surface area (TPSA) is 59.4 Å². The van der Waals surface area contributed by atoms with Crippen molar-refractivity contribution < 1.29 is 9.53 Å². The predicted octanol–water partition coefficient (Wildman–Crippen LogP) is 0.0278. The predicted molar refractivity (Wildman–Crippen MR) is 76.7 cm³/mol. The van der Waals surface area contributed by atoms with Crippen LogP contribution in [0.3, 0.4) is 0 Å². The average molecular weight is 280 g/mol. The number of rotatable bonds is 5. The lowest BCUT2D eigenvalue weighted by atomic mass is 10.1. The molecule has 0 unspecified atom stereocenters. The molecule has 1 aliphatic rings. The minimum atomic E-state index is 0.0671. The van der Waals surface area contributed by atoms with E-state index in [0.29, 0.717) is 13.0 Å². The standard InChI is InChI=1S/C14H24N4O2/c1-11-13(12(2)17(3)16-11)10-14(19)15-4-5-18-6-8-20-9-7-18/h4-10H2,1-3H3,(H,15,19). The van der Waals surface area contributed by atoms with Crippen LogP contribution in [0.15, 0.2) is 0 Å². The second kappa shape index (κ2) is 6.85. The van der Waals surface area contributed by atoms with Gasteiger partial charge in [-0.15, -0.1) is 0 Å². The van der Waals surface area contributed by atoms with Crippen LogP contribution in [0.5, 0.6) is 0 Å². The summed E-state index contributed by atoms with van der Waals surface area (Å²) < 4.78 is 7.12. The Morgan fingerprint density at radius 2 is 2.05 bits per heavy atom. The molecule has 1 aromatic rings. The van der Waals surface area contributed by atoms with Gasteiger partial charge in [0, 0.05) is 44.5 Å². The summed E-state index contributed by atoms with van der Waals surface area (Å²) in [5.41, 5.74) is 3.04. The molecular formula is C14H24N4O2. The maximum absolute atomic E-state index is 12.0. The molecule has 1 aromatic heterocycles. The third-order valence-electron chi connectivity index (χ3n) is 3.85. The number of nitrogens with zero attached hydrogens (tertiary/aromatic N) is 3. The summed E-state index contributed by atoms with van der Waals surface area (Å²) in [7, 11) is 1.90. The summed E-state index contributed by atoms with van der Waals surface area (Å²) >= 11 is 0. The maximum atomic E-state index is 12.0. The zero-order chi connectivity index (χ0) is 14.5. The first-order valence-corrected chi connectivity index (χ1v) is 7.14. The fourth-order valence-corrected chi connectivity index (χ4v) is 2.47. The minimum Gasteiger partial charge on any atom is -0.379 e. The van der Waals surface area contributed by atoms with Crippen molar-refractivity contribution in [2.75, 3.05) is 39.4 Å². The number of aryl methyl sites for hydroxylation is 2. The van der Waals surface area contributed by atoms with E-state index in [-0.39, 0.29) is 5.91 Å². The van der Waals surface area contributed by atoms with E-state index in [1.807, 2.05) is 25.6 Å². The largest absolute Gasteiger partial charge is 0.379 e. The van der Waals surface area contributed by atoms with Crippen LogP contribution in [0.4, 0.5) is 0 Å². The Hall–Kier alpha value is -1.40. The first-order valence-electron chi connectivity index (χ1n) is 7.14. The first kappa shape index (κ1) is 15.0. The highest BCUT2D eigenvalue weighted by atomic mass is 16.5. The Kier molecular flexibility index (Phi) is 5.14. The summed E-state index contributed by atoms with van der Waals surface area (Å²) in [5, 5.41) is 7.32. The van der Waals surface area contributed by atoms with Gasteiger partial charge in [0.05, 0.1) is 25.3 Å². The molecule has 1 saturated heterocycles. The molecule has 2 rings (SSSR count). The van der Waals surface area contributed by atoms with Gasteiger partial charge in [0.15, 0.2) is 0 Å². The number of ether oxygens (including phenoxy) is 1. The van der Waals surface area contributed by atoms with Crippen molar-refractivity contribution in [3.8, 4) is 0 Å². The second-order valence-electron chi connectivity index (χ2n) is 5.25. The van der Waals surface area contributed by atoms with Crippen LogP contribution in [-0.4, -0.2) is 60.0 Å². The number of hydrogen-bond donors (Lipinski definition) is 1.